The van der Waals surface area contributed by atoms with Gasteiger partial charge < -0.3 is 0 Å². The lowest BCUT2D eigenvalue weighted by atomic mass is 11.9. The van der Waals surface area contributed by atoms with Crippen molar-refractivity contribution in [2.24, 2.45) is 0 Å². The van der Waals surface area contributed by atoms with Gasteiger partial charge in [-0.05, 0) is 20.5 Å². The van der Waals surface area contributed by atoms with Crippen LogP contribution in [-0.4, -0.2) is 20.5 Å². The molecule has 0 aliphatic rings. The lowest BCUT2D eigenvalue weighted by Gasteiger charge is -1.04. The zero-order chi connectivity index (χ0) is 4.00. The molecule has 0 N–H and O–H groups in total. The molecule has 0 unspecified atom stereocenters. The van der Waals surface area contributed by atoms with Crippen molar-refractivity contribution < 1.29 is 2.85 Å². The zero-order valence-electron chi connectivity index (χ0n) is 4.00. The molecule has 0 saturated carbocycles. The minimum atomic E-state index is 0. The summed E-state index contributed by atoms with van der Waals surface area (Å²) in [6.45, 7) is 4.28. The minimum absolute atomic E-state index is 0. The highest BCUT2D eigenvalue weighted by molar-refractivity contribution is 6.05. The van der Waals surface area contributed by atoms with E-state index in [9.17, 15) is 0 Å². The van der Waals surface area contributed by atoms with Gasteiger partial charge in [0.15, 0.2) is 0 Å². The summed E-state index contributed by atoms with van der Waals surface area (Å²) in [7, 11) is 2.61. The first kappa shape index (κ1) is 8.83. The molecule has 0 aliphatic carbocycles. The molecule has 0 amide bonds. The summed E-state index contributed by atoms with van der Waals surface area (Å²) in [5, 5.41) is 0. The monoisotopic (exact) mass is 96.1 g/mol. The van der Waals surface area contributed by atoms with Crippen molar-refractivity contribution in [2.45, 2.75) is 13.1 Å². The molecule has 0 aromatic carbocycles. The molecule has 0 aromatic rings. The fraction of sp³-hybridized carbons (Fsp3) is 1.00. The van der Waals surface area contributed by atoms with Crippen molar-refractivity contribution >= 4 is 20.5 Å². The zero-order valence-corrected chi connectivity index (χ0v) is 8.00. The first-order valence-corrected chi connectivity index (χ1v) is 6.00. The van der Waals surface area contributed by atoms with E-state index in [0.29, 0.717) is 0 Å². The summed E-state index contributed by atoms with van der Waals surface area (Å²) in [4.78, 5) is 0. The van der Waals surface area contributed by atoms with Crippen LogP contribution in [0.3, 0.4) is 0 Å². The van der Waals surface area contributed by atoms with E-state index in [1.165, 1.54) is 20.5 Å². The average Bonchev–Trinajstić information content (AvgIpc) is 1.50. The molecule has 0 rings (SSSR count). The summed E-state index contributed by atoms with van der Waals surface area (Å²) in [5.74, 6) is 0. The molecular formula is C2H16Si2. The van der Waals surface area contributed by atoms with Crippen LogP contribution in [0, 0.1) is 0 Å². The van der Waals surface area contributed by atoms with Crippen LogP contribution in [0.5, 0.6) is 0 Å². The van der Waals surface area contributed by atoms with Gasteiger partial charge in [0.2, 0.25) is 0 Å². The maximum atomic E-state index is 2.14. The van der Waals surface area contributed by atoms with E-state index < -0.39 is 0 Å². The molecule has 2 heteroatoms. The Balaban J connectivity index is -0.00000000500. The molecule has 32 valence electrons. The summed E-state index contributed by atoms with van der Waals surface area (Å²) >= 11 is 0. The lowest BCUT2D eigenvalue weighted by molar-refractivity contribution is 2.39. The van der Waals surface area contributed by atoms with Crippen LogP contribution in [0.25, 0.3) is 0 Å². The summed E-state index contributed by atoms with van der Waals surface area (Å²) in [5.41, 5.74) is 0. The third kappa shape index (κ3) is 26.6. The molecule has 0 spiro atoms. The van der Waals surface area contributed by atoms with Crippen molar-refractivity contribution in [3.05, 3.63) is 0 Å². The van der Waals surface area contributed by atoms with E-state index in [1.807, 2.05) is 0 Å². The third-order valence-corrected chi connectivity index (χ3v) is 0. The standard InChI is InChI=1S/2CH6Si.2H2/c2*1-2;;/h2*1-2H3;2*1H. The van der Waals surface area contributed by atoms with E-state index in [-0.39, 0.29) is 2.85 Å². The first-order chi connectivity index (χ1) is 2.00. The maximum absolute atomic E-state index is 2.14. The molecule has 0 nitrogen and oxygen atoms in total. The van der Waals surface area contributed by atoms with Gasteiger partial charge in [0.25, 0.3) is 0 Å². The Morgan fingerprint density at radius 1 is 1.00 bits per heavy atom. The Labute approximate surface area is 37.4 Å². The highest BCUT2D eigenvalue weighted by atomic mass is 28.1. The van der Waals surface area contributed by atoms with Gasteiger partial charge in [0, 0.05) is 2.85 Å². The minimum Gasteiger partial charge on any atom is -0.0777 e. The largest absolute Gasteiger partial charge is 0.0777 e. The summed E-state index contributed by atoms with van der Waals surface area (Å²) < 4.78 is 0. The highest BCUT2D eigenvalue weighted by Gasteiger charge is 0.964. The molecule has 0 heterocycles. The van der Waals surface area contributed by atoms with E-state index in [1.54, 1.807) is 0 Å². The maximum Gasteiger partial charge on any atom is 0 e. The van der Waals surface area contributed by atoms with Crippen molar-refractivity contribution in [1.82, 2.24) is 0 Å². The highest BCUT2D eigenvalue weighted by Crippen LogP contribution is 0.962. The van der Waals surface area contributed by atoms with E-state index in [0.717, 1.165) is 0 Å². The summed E-state index contributed by atoms with van der Waals surface area (Å²) in [6, 6.07) is 0. The third-order valence-electron chi connectivity index (χ3n) is 0. The van der Waals surface area contributed by atoms with E-state index in [4.69, 9.17) is 0 Å². The van der Waals surface area contributed by atoms with E-state index >= 15 is 0 Å². The van der Waals surface area contributed by atoms with Crippen LogP contribution in [0.1, 0.15) is 2.85 Å². The Hall–Kier alpha value is 0.434. The molecular weight excluding hydrogens is 80.2 g/mol. The normalized spacial score (nSPS) is 4.50. The number of rotatable bonds is 0. The van der Waals surface area contributed by atoms with Crippen LogP contribution < -0.4 is 0 Å². The second-order valence-electron chi connectivity index (χ2n) is 0. The van der Waals surface area contributed by atoms with Gasteiger partial charge in [-0.2, -0.15) is 0 Å². The molecule has 0 saturated heterocycles. The SMILES string of the molecule is C[SiH3].C[SiH3].[HH].[HH]. The molecule has 0 aliphatic heterocycles. The Bertz CT molecular complexity index is 9.51. The molecule has 0 atom stereocenters. The lowest BCUT2D eigenvalue weighted by Crippen LogP contribution is -1.13. The van der Waals surface area contributed by atoms with Crippen LogP contribution in [0.15, 0.2) is 0 Å². The average molecular weight is 96.3 g/mol. The Morgan fingerprint density at radius 3 is 1.00 bits per heavy atom. The predicted molar refractivity (Wildman–Crippen MR) is 35.8 cm³/mol. The Morgan fingerprint density at radius 2 is 1.00 bits per heavy atom. The topological polar surface area (TPSA) is 0 Å². The van der Waals surface area contributed by atoms with Crippen LogP contribution in [-0.2, 0) is 0 Å². The van der Waals surface area contributed by atoms with Gasteiger partial charge in [0.05, 0.1) is 0 Å². The van der Waals surface area contributed by atoms with Gasteiger partial charge in [-0.1, -0.05) is 13.1 Å². The number of hydrogen-bond donors (Lipinski definition) is 0. The van der Waals surface area contributed by atoms with Crippen molar-refractivity contribution in [1.29, 1.82) is 0 Å². The molecule has 0 bridgehead atoms. The van der Waals surface area contributed by atoms with Crippen molar-refractivity contribution in [2.75, 3.05) is 0 Å². The molecule has 0 aromatic heterocycles. The second kappa shape index (κ2) is 108. The molecule has 4 heavy (non-hydrogen) atoms. The van der Waals surface area contributed by atoms with Gasteiger partial charge >= 0.3 is 0 Å². The number of hydrogen-bond acceptors (Lipinski definition) is 0. The van der Waals surface area contributed by atoms with Crippen LogP contribution >= 0.6 is 0 Å². The Kier molecular flexibility index (Phi) is 239. The van der Waals surface area contributed by atoms with Gasteiger partial charge in [0.1, 0.15) is 0 Å². The molecule has 0 fully saturated rings. The van der Waals surface area contributed by atoms with Gasteiger partial charge in [-0.3, -0.25) is 0 Å². The van der Waals surface area contributed by atoms with Gasteiger partial charge in [-0.15, -0.1) is 0 Å². The van der Waals surface area contributed by atoms with E-state index in [2.05, 4.69) is 13.1 Å². The van der Waals surface area contributed by atoms with Crippen molar-refractivity contribution in [3.63, 3.8) is 0 Å². The predicted octanol–water partition coefficient (Wildman–Crippen LogP) is -0.708. The molecule has 0 radical (unpaired) electrons. The first-order valence-electron chi connectivity index (χ1n) is 2.00. The van der Waals surface area contributed by atoms with Gasteiger partial charge in [-0.25, -0.2) is 0 Å². The fourth-order valence-corrected chi connectivity index (χ4v) is 0. The van der Waals surface area contributed by atoms with Crippen LogP contribution in [0.2, 0.25) is 13.1 Å². The smallest absolute Gasteiger partial charge is 0 e. The van der Waals surface area contributed by atoms with Crippen molar-refractivity contribution in [3.8, 4) is 0 Å². The van der Waals surface area contributed by atoms with Crippen LogP contribution in [0.4, 0.5) is 0 Å². The second-order valence-corrected chi connectivity index (χ2v) is 0. The quantitative estimate of drug-likeness (QED) is 0.350. The fourth-order valence-electron chi connectivity index (χ4n) is 0. The summed E-state index contributed by atoms with van der Waals surface area (Å²) in [6.07, 6.45) is 0.